The van der Waals surface area contributed by atoms with Crippen LogP contribution in [0.3, 0.4) is 0 Å². The van der Waals surface area contributed by atoms with Crippen molar-refractivity contribution in [1.82, 2.24) is 5.32 Å². The fourth-order valence-electron chi connectivity index (χ4n) is 2.54. The summed E-state index contributed by atoms with van der Waals surface area (Å²) in [4.78, 5) is 0. The highest BCUT2D eigenvalue weighted by Gasteiger charge is 2.47. The molecular formula is C10H18N2. The third-order valence-corrected chi connectivity index (χ3v) is 3.10. The molecule has 0 aromatic carbocycles. The molecule has 0 amide bonds. The van der Waals surface area contributed by atoms with Gasteiger partial charge < -0.3 is 5.32 Å². The smallest absolute Gasteiger partial charge is 0.109 e. The molecule has 1 saturated carbocycles. The van der Waals surface area contributed by atoms with Crippen LogP contribution in [0.25, 0.3) is 0 Å². The molecule has 1 fully saturated rings. The van der Waals surface area contributed by atoms with Crippen molar-refractivity contribution in [2.24, 2.45) is 11.3 Å². The molecule has 1 aliphatic carbocycles. The first-order chi connectivity index (χ1) is 5.46. The van der Waals surface area contributed by atoms with Crippen molar-refractivity contribution in [2.75, 3.05) is 7.05 Å². The van der Waals surface area contributed by atoms with Crippen LogP contribution in [0.4, 0.5) is 0 Å². The number of hydrogen-bond donors (Lipinski definition) is 1. The molecule has 12 heavy (non-hydrogen) atoms. The van der Waals surface area contributed by atoms with Gasteiger partial charge in [-0.25, -0.2) is 0 Å². The van der Waals surface area contributed by atoms with Crippen molar-refractivity contribution in [3.8, 4) is 6.07 Å². The Hall–Kier alpha value is -0.550. The summed E-state index contributed by atoms with van der Waals surface area (Å²) in [6.45, 7) is 6.63. The van der Waals surface area contributed by atoms with Gasteiger partial charge in [-0.1, -0.05) is 20.8 Å². The summed E-state index contributed by atoms with van der Waals surface area (Å²) >= 11 is 0. The van der Waals surface area contributed by atoms with E-state index in [1.54, 1.807) is 0 Å². The SMILES string of the molecule is CNC1(C#N)CC(C)(C)CC1C. The van der Waals surface area contributed by atoms with Gasteiger partial charge >= 0.3 is 0 Å². The lowest BCUT2D eigenvalue weighted by Crippen LogP contribution is -2.44. The minimum absolute atomic E-state index is 0.274. The Labute approximate surface area is 75.0 Å². The Balaban J connectivity index is 2.88. The van der Waals surface area contributed by atoms with E-state index in [2.05, 4.69) is 32.2 Å². The molecule has 0 aromatic rings. The van der Waals surface area contributed by atoms with E-state index in [1.165, 1.54) is 0 Å². The number of nitriles is 1. The fourth-order valence-corrected chi connectivity index (χ4v) is 2.54. The molecule has 0 saturated heterocycles. The Morgan fingerprint density at radius 1 is 1.50 bits per heavy atom. The van der Waals surface area contributed by atoms with Gasteiger partial charge in [-0.3, -0.25) is 0 Å². The monoisotopic (exact) mass is 166 g/mol. The molecule has 2 atom stereocenters. The van der Waals surface area contributed by atoms with Crippen LogP contribution in [-0.2, 0) is 0 Å². The van der Waals surface area contributed by atoms with Gasteiger partial charge in [0.15, 0.2) is 0 Å². The van der Waals surface area contributed by atoms with E-state index in [-0.39, 0.29) is 5.54 Å². The van der Waals surface area contributed by atoms with Gasteiger partial charge in [0.2, 0.25) is 0 Å². The molecule has 0 spiro atoms. The molecule has 0 aromatic heterocycles. The highest BCUT2D eigenvalue weighted by Crippen LogP contribution is 2.46. The van der Waals surface area contributed by atoms with Crippen molar-refractivity contribution < 1.29 is 0 Å². The minimum Gasteiger partial charge on any atom is -0.302 e. The first kappa shape index (κ1) is 9.54. The van der Waals surface area contributed by atoms with E-state index in [4.69, 9.17) is 5.26 Å². The van der Waals surface area contributed by atoms with Gasteiger partial charge in [0, 0.05) is 0 Å². The van der Waals surface area contributed by atoms with E-state index >= 15 is 0 Å². The van der Waals surface area contributed by atoms with E-state index in [0.29, 0.717) is 11.3 Å². The molecule has 1 rings (SSSR count). The highest BCUT2D eigenvalue weighted by atomic mass is 15.0. The maximum absolute atomic E-state index is 9.11. The summed E-state index contributed by atoms with van der Waals surface area (Å²) in [6.07, 6.45) is 2.11. The molecular weight excluding hydrogens is 148 g/mol. The average molecular weight is 166 g/mol. The van der Waals surface area contributed by atoms with Gasteiger partial charge in [-0.05, 0) is 31.2 Å². The zero-order valence-electron chi connectivity index (χ0n) is 8.44. The fraction of sp³-hybridized carbons (Fsp3) is 0.900. The van der Waals surface area contributed by atoms with Crippen LogP contribution in [0.5, 0.6) is 0 Å². The predicted molar refractivity (Wildman–Crippen MR) is 49.6 cm³/mol. The third-order valence-electron chi connectivity index (χ3n) is 3.10. The molecule has 1 aliphatic rings. The summed E-state index contributed by atoms with van der Waals surface area (Å²) in [5, 5.41) is 12.3. The number of nitrogens with zero attached hydrogens (tertiary/aromatic N) is 1. The maximum atomic E-state index is 9.11. The molecule has 2 nitrogen and oxygen atoms in total. The van der Waals surface area contributed by atoms with Crippen molar-refractivity contribution in [3.63, 3.8) is 0 Å². The second kappa shape index (κ2) is 2.74. The summed E-state index contributed by atoms with van der Waals surface area (Å²) in [7, 11) is 1.89. The zero-order valence-corrected chi connectivity index (χ0v) is 8.44. The normalized spacial score (nSPS) is 39.4. The molecule has 2 unspecified atom stereocenters. The Morgan fingerprint density at radius 2 is 2.08 bits per heavy atom. The molecule has 0 heterocycles. The van der Waals surface area contributed by atoms with Gasteiger partial charge in [0.1, 0.15) is 5.54 Å². The molecule has 0 radical (unpaired) electrons. The molecule has 0 bridgehead atoms. The van der Waals surface area contributed by atoms with Crippen LogP contribution in [-0.4, -0.2) is 12.6 Å². The lowest BCUT2D eigenvalue weighted by atomic mass is 9.88. The van der Waals surface area contributed by atoms with Crippen molar-refractivity contribution in [3.05, 3.63) is 0 Å². The average Bonchev–Trinajstić information content (AvgIpc) is 2.21. The maximum Gasteiger partial charge on any atom is 0.109 e. The quantitative estimate of drug-likeness (QED) is 0.646. The summed E-state index contributed by atoms with van der Waals surface area (Å²) in [5.41, 5.74) is 0.0433. The largest absolute Gasteiger partial charge is 0.302 e. The van der Waals surface area contributed by atoms with E-state index in [0.717, 1.165) is 12.8 Å². The first-order valence-corrected chi connectivity index (χ1v) is 4.56. The Bertz CT molecular complexity index is 214. The van der Waals surface area contributed by atoms with Crippen molar-refractivity contribution >= 4 is 0 Å². The van der Waals surface area contributed by atoms with Gasteiger partial charge in [0.25, 0.3) is 0 Å². The zero-order chi connectivity index (χ0) is 9.41. The summed E-state index contributed by atoms with van der Waals surface area (Å²) in [6, 6.07) is 2.42. The van der Waals surface area contributed by atoms with Gasteiger partial charge in [0.05, 0.1) is 6.07 Å². The van der Waals surface area contributed by atoms with Crippen LogP contribution in [0.2, 0.25) is 0 Å². The number of rotatable bonds is 1. The van der Waals surface area contributed by atoms with Crippen molar-refractivity contribution in [1.29, 1.82) is 5.26 Å². The van der Waals surface area contributed by atoms with Crippen LogP contribution < -0.4 is 5.32 Å². The highest BCUT2D eigenvalue weighted by molar-refractivity contribution is 5.16. The molecule has 2 heteroatoms. The van der Waals surface area contributed by atoms with Crippen LogP contribution in [0.15, 0.2) is 0 Å². The Kier molecular flexibility index (Phi) is 2.18. The molecule has 68 valence electrons. The van der Waals surface area contributed by atoms with Crippen molar-refractivity contribution in [2.45, 2.75) is 39.2 Å². The van der Waals surface area contributed by atoms with Crippen LogP contribution in [0, 0.1) is 22.7 Å². The lowest BCUT2D eigenvalue weighted by molar-refractivity contribution is 0.340. The lowest BCUT2D eigenvalue weighted by Gasteiger charge is -2.25. The molecule has 0 aliphatic heterocycles. The van der Waals surface area contributed by atoms with E-state index in [9.17, 15) is 0 Å². The standard InChI is InChI=1S/C10H18N2/c1-8-5-9(2,3)6-10(8,7-11)12-4/h8,12H,5-6H2,1-4H3. The molecule has 1 N–H and O–H groups in total. The summed E-state index contributed by atoms with van der Waals surface area (Å²) < 4.78 is 0. The van der Waals surface area contributed by atoms with Crippen LogP contribution in [0.1, 0.15) is 33.6 Å². The first-order valence-electron chi connectivity index (χ1n) is 4.56. The minimum atomic E-state index is -0.274. The number of hydrogen-bond acceptors (Lipinski definition) is 2. The third kappa shape index (κ3) is 1.34. The van der Waals surface area contributed by atoms with E-state index in [1.807, 2.05) is 7.05 Å². The predicted octanol–water partition coefficient (Wildman–Crippen LogP) is 1.92. The summed E-state index contributed by atoms with van der Waals surface area (Å²) in [5.74, 6) is 0.461. The van der Waals surface area contributed by atoms with Crippen LogP contribution >= 0.6 is 0 Å². The van der Waals surface area contributed by atoms with Gasteiger partial charge in [-0.15, -0.1) is 0 Å². The topological polar surface area (TPSA) is 35.8 Å². The second-order valence-corrected chi connectivity index (χ2v) is 4.78. The van der Waals surface area contributed by atoms with Gasteiger partial charge in [-0.2, -0.15) is 5.26 Å². The number of nitrogens with one attached hydrogen (secondary N) is 1. The Morgan fingerprint density at radius 3 is 2.25 bits per heavy atom. The second-order valence-electron chi connectivity index (χ2n) is 4.78. The van der Waals surface area contributed by atoms with E-state index < -0.39 is 0 Å².